The van der Waals surface area contributed by atoms with Gasteiger partial charge in [0.2, 0.25) is 0 Å². The number of likely N-dealkylation sites (N-methyl/N-ethyl adjacent to an activating group) is 1. The number of rotatable bonds is 9. The zero-order chi connectivity index (χ0) is 16.0. The summed E-state index contributed by atoms with van der Waals surface area (Å²) in [5.74, 6) is 0.819. The van der Waals surface area contributed by atoms with E-state index in [1.165, 1.54) is 0 Å². The summed E-state index contributed by atoms with van der Waals surface area (Å²) in [6.45, 7) is 5.94. The van der Waals surface area contributed by atoms with E-state index in [4.69, 9.17) is 9.47 Å². The SMILES string of the molecule is CNC(CC(C)(C)OC)c1c(OC)cnn1CCN(C)C. The smallest absolute Gasteiger partial charge is 0.161 e. The zero-order valence-corrected chi connectivity index (χ0v) is 14.4. The molecule has 122 valence electrons. The second kappa shape index (κ2) is 7.77. The number of methoxy groups -OCH3 is 2. The fourth-order valence-electron chi connectivity index (χ4n) is 2.27. The van der Waals surface area contributed by atoms with Crippen molar-refractivity contribution in [2.75, 3.05) is 41.9 Å². The van der Waals surface area contributed by atoms with Gasteiger partial charge >= 0.3 is 0 Å². The van der Waals surface area contributed by atoms with Gasteiger partial charge < -0.3 is 19.7 Å². The minimum absolute atomic E-state index is 0.125. The van der Waals surface area contributed by atoms with Gasteiger partial charge in [0.15, 0.2) is 5.75 Å². The van der Waals surface area contributed by atoms with Crippen LogP contribution in [0, 0.1) is 0 Å². The van der Waals surface area contributed by atoms with Gasteiger partial charge in [-0.1, -0.05) is 0 Å². The van der Waals surface area contributed by atoms with Crippen molar-refractivity contribution in [1.82, 2.24) is 20.0 Å². The number of aromatic nitrogens is 2. The van der Waals surface area contributed by atoms with Crippen molar-refractivity contribution in [3.8, 4) is 5.75 Å². The van der Waals surface area contributed by atoms with Gasteiger partial charge in [0.1, 0.15) is 0 Å². The second-order valence-corrected chi connectivity index (χ2v) is 6.13. The average molecular weight is 298 g/mol. The molecule has 1 aromatic heterocycles. The molecule has 21 heavy (non-hydrogen) atoms. The van der Waals surface area contributed by atoms with Crippen LogP contribution in [0.3, 0.4) is 0 Å². The molecule has 1 N–H and O–H groups in total. The van der Waals surface area contributed by atoms with E-state index in [2.05, 4.69) is 43.3 Å². The van der Waals surface area contributed by atoms with E-state index in [9.17, 15) is 0 Å². The largest absolute Gasteiger partial charge is 0.493 e. The first kappa shape index (κ1) is 17.9. The summed E-state index contributed by atoms with van der Waals surface area (Å²) in [4.78, 5) is 2.14. The Morgan fingerprint density at radius 3 is 2.52 bits per heavy atom. The highest BCUT2D eigenvalue weighted by Crippen LogP contribution is 2.31. The molecule has 0 bridgehead atoms. The molecule has 1 aromatic rings. The van der Waals surface area contributed by atoms with Crippen LogP contribution in [-0.2, 0) is 11.3 Å². The Morgan fingerprint density at radius 1 is 1.38 bits per heavy atom. The van der Waals surface area contributed by atoms with Crippen molar-refractivity contribution in [3.05, 3.63) is 11.9 Å². The maximum absolute atomic E-state index is 5.56. The second-order valence-electron chi connectivity index (χ2n) is 6.13. The third-order valence-electron chi connectivity index (χ3n) is 3.75. The van der Waals surface area contributed by atoms with Gasteiger partial charge in [-0.25, -0.2) is 0 Å². The zero-order valence-electron chi connectivity index (χ0n) is 14.4. The highest BCUT2D eigenvalue weighted by molar-refractivity contribution is 5.28. The minimum atomic E-state index is -0.213. The Hall–Kier alpha value is -1.11. The maximum atomic E-state index is 5.56. The fourth-order valence-corrected chi connectivity index (χ4v) is 2.27. The number of ether oxygens (including phenoxy) is 2. The summed E-state index contributed by atoms with van der Waals surface area (Å²) >= 11 is 0. The maximum Gasteiger partial charge on any atom is 0.161 e. The lowest BCUT2D eigenvalue weighted by molar-refractivity contribution is 0.00655. The van der Waals surface area contributed by atoms with Gasteiger partial charge in [-0.05, 0) is 41.4 Å². The summed E-state index contributed by atoms with van der Waals surface area (Å²) in [5, 5.41) is 7.83. The predicted molar refractivity (Wildman–Crippen MR) is 84.8 cm³/mol. The summed E-state index contributed by atoms with van der Waals surface area (Å²) in [7, 11) is 9.51. The van der Waals surface area contributed by atoms with Crippen LogP contribution in [0.15, 0.2) is 6.20 Å². The van der Waals surface area contributed by atoms with E-state index < -0.39 is 0 Å². The first-order chi connectivity index (χ1) is 9.84. The highest BCUT2D eigenvalue weighted by Gasteiger charge is 2.28. The standard InChI is InChI=1S/C15H30N4O2/c1-15(2,21-7)10-12(16-3)14-13(20-6)11-17-19(14)9-8-18(4)5/h11-12,16H,8-10H2,1-7H3. The monoisotopic (exact) mass is 298 g/mol. The number of nitrogens with one attached hydrogen (secondary N) is 1. The van der Waals surface area contributed by atoms with E-state index in [-0.39, 0.29) is 11.6 Å². The minimum Gasteiger partial charge on any atom is -0.493 e. The van der Waals surface area contributed by atoms with Crippen LogP contribution in [0.5, 0.6) is 5.75 Å². The van der Waals surface area contributed by atoms with Gasteiger partial charge in [-0.2, -0.15) is 5.10 Å². The van der Waals surface area contributed by atoms with E-state index >= 15 is 0 Å². The molecular weight excluding hydrogens is 268 g/mol. The molecule has 6 heteroatoms. The van der Waals surface area contributed by atoms with Gasteiger partial charge in [-0.3, -0.25) is 4.68 Å². The van der Waals surface area contributed by atoms with E-state index in [0.717, 1.165) is 31.0 Å². The topological polar surface area (TPSA) is 51.5 Å². The molecule has 0 saturated heterocycles. The van der Waals surface area contributed by atoms with Crippen LogP contribution >= 0.6 is 0 Å². The Bertz CT molecular complexity index is 429. The molecule has 1 heterocycles. The van der Waals surface area contributed by atoms with Crippen LogP contribution in [0.4, 0.5) is 0 Å². The van der Waals surface area contributed by atoms with Crippen LogP contribution in [0.2, 0.25) is 0 Å². The van der Waals surface area contributed by atoms with Gasteiger partial charge in [0, 0.05) is 13.7 Å². The first-order valence-electron chi connectivity index (χ1n) is 7.31. The average Bonchev–Trinajstić information content (AvgIpc) is 2.85. The van der Waals surface area contributed by atoms with E-state index in [1.807, 2.05) is 11.7 Å². The molecular formula is C15H30N4O2. The molecule has 1 rings (SSSR count). The van der Waals surface area contributed by atoms with Crippen LogP contribution < -0.4 is 10.1 Å². The molecule has 0 saturated carbocycles. The van der Waals surface area contributed by atoms with Gasteiger partial charge in [0.05, 0.1) is 37.2 Å². The highest BCUT2D eigenvalue weighted by atomic mass is 16.5. The summed E-state index contributed by atoms with van der Waals surface area (Å²) in [6, 6.07) is 0.125. The van der Waals surface area contributed by atoms with E-state index in [1.54, 1.807) is 20.4 Å². The Kier molecular flexibility index (Phi) is 6.64. The Balaban J connectivity index is 3.02. The molecule has 0 aliphatic rings. The lowest BCUT2D eigenvalue weighted by Crippen LogP contribution is -2.32. The molecule has 0 aliphatic carbocycles. The predicted octanol–water partition coefficient (Wildman–Crippen LogP) is 1.53. The van der Waals surface area contributed by atoms with Crippen molar-refractivity contribution >= 4 is 0 Å². The van der Waals surface area contributed by atoms with Crippen molar-refractivity contribution in [1.29, 1.82) is 0 Å². The number of hydrogen-bond acceptors (Lipinski definition) is 5. The Labute approximate surface area is 128 Å². The Morgan fingerprint density at radius 2 is 2.05 bits per heavy atom. The molecule has 0 aliphatic heterocycles. The summed E-state index contributed by atoms with van der Waals surface area (Å²) in [5.41, 5.74) is 0.863. The van der Waals surface area contributed by atoms with Gasteiger partial charge in [0.25, 0.3) is 0 Å². The lowest BCUT2D eigenvalue weighted by atomic mass is 9.96. The molecule has 0 amide bonds. The third-order valence-corrected chi connectivity index (χ3v) is 3.75. The van der Waals surface area contributed by atoms with Crippen LogP contribution in [-0.4, -0.2) is 62.2 Å². The molecule has 0 fully saturated rings. The molecule has 1 atom stereocenters. The molecule has 6 nitrogen and oxygen atoms in total. The quantitative estimate of drug-likeness (QED) is 0.749. The lowest BCUT2D eigenvalue weighted by Gasteiger charge is -2.29. The number of hydrogen-bond donors (Lipinski definition) is 1. The number of nitrogens with zero attached hydrogens (tertiary/aromatic N) is 3. The van der Waals surface area contributed by atoms with Crippen LogP contribution in [0.25, 0.3) is 0 Å². The van der Waals surface area contributed by atoms with Crippen molar-refractivity contribution in [2.45, 2.75) is 38.5 Å². The first-order valence-corrected chi connectivity index (χ1v) is 7.31. The summed E-state index contributed by atoms with van der Waals surface area (Å²) < 4.78 is 13.1. The molecule has 0 spiro atoms. The molecule has 0 aromatic carbocycles. The van der Waals surface area contributed by atoms with Crippen molar-refractivity contribution < 1.29 is 9.47 Å². The van der Waals surface area contributed by atoms with Crippen LogP contribution in [0.1, 0.15) is 32.0 Å². The van der Waals surface area contributed by atoms with E-state index in [0.29, 0.717) is 0 Å². The molecule has 1 unspecified atom stereocenters. The van der Waals surface area contributed by atoms with Crippen molar-refractivity contribution in [2.24, 2.45) is 0 Å². The molecule has 0 radical (unpaired) electrons. The van der Waals surface area contributed by atoms with Gasteiger partial charge in [-0.15, -0.1) is 0 Å². The summed E-state index contributed by atoms with van der Waals surface area (Å²) in [6.07, 6.45) is 2.62. The third kappa shape index (κ3) is 4.98. The fraction of sp³-hybridized carbons (Fsp3) is 0.800. The normalized spacial score (nSPS) is 13.7. The van der Waals surface area contributed by atoms with Crippen molar-refractivity contribution in [3.63, 3.8) is 0 Å².